The summed E-state index contributed by atoms with van der Waals surface area (Å²) in [6.07, 6.45) is 2.80. The molecule has 1 aromatic carbocycles. The van der Waals surface area contributed by atoms with Gasteiger partial charge < -0.3 is 14.8 Å². The SMILES string of the molecule is COc1ccccc1OCCN1CCNCC1C1CC1. The molecule has 0 amide bonds. The Morgan fingerprint density at radius 2 is 2.05 bits per heavy atom. The molecule has 1 heterocycles. The van der Waals surface area contributed by atoms with Gasteiger partial charge in [-0.1, -0.05) is 12.1 Å². The number of nitrogens with one attached hydrogen (secondary N) is 1. The van der Waals surface area contributed by atoms with Gasteiger partial charge in [-0.25, -0.2) is 0 Å². The van der Waals surface area contributed by atoms with Crippen molar-refractivity contribution in [3.8, 4) is 11.5 Å². The molecule has 0 bridgehead atoms. The van der Waals surface area contributed by atoms with Gasteiger partial charge in [-0.3, -0.25) is 4.90 Å². The van der Waals surface area contributed by atoms with E-state index in [1.807, 2.05) is 24.3 Å². The summed E-state index contributed by atoms with van der Waals surface area (Å²) in [5.74, 6) is 2.56. The summed E-state index contributed by atoms with van der Waals surface area (Å²) >= 11 is 0. The molecule has 0 spiro atoms. The van der Waals surface area contributed by atoms with Crippen LogP contribution in [0.1, 0.15) is 12.8 Å². The lowest BCUT2D eigenvalue weighted by molar-refractivity contribution is 0.119. The quantitative estimate of drug-likeness (QED) is 0.858. The van der Waals surface area contributed by atoms with E-state index >= 15 is 0 Å². The summed E-state index contributed by atoms with van der Waals surface area (Å²) in [6, 6.07) is 8.56. The molecule has 20 heavy (non-hydrogen) atoms. The molecule has 2 aliphatic rings. The van der Waals surface area contributed by atoms with E-state index in [9.17, 15) is 0 Å². The van der Waals surface area contributed by atoms with Crippen LogP contribution in [0.15, 0.2) is 24.3 Å². The molecule has 1 aliphatic heterocycles. The Morgan fingerprint density at radius 1 is 1.25 bits per heavy atom. The molecule has 110 valence electrons. The Labute approximate surface area is 121 Å². The average molecular weight is 276 g/mol. The van der Waals surface area contributed by atoms with Crippen LogP contribution in [-0.2, 0) is 0 Å². The minimum absolute atomic E-state index is 0.713. The van der Waals surface area contributed by atoms with Crippen molar-refractivity contribution in [3.63, 3.8) is 0 Å². The molecule has 1 saturated carbocycles. The minimum atomic E-state index is 0.713. The van der Waals surface area contributed by atoms with Crippen LogP contribution in [0.4, 0.5) is 0 Å². The van der Waals surface area contributed by atoms with Crippen molar-refractivity contribution in [2.75, 3.05) is 39.9 Å². The molecular formula is C16H24N2O2. The first-order valence-corrected chi connectivity index (χ1v) is 7.59. The van der Waals surface area contributed by atoms with Crippen LogP contribution < -0.4 is 14.8 Å². The summed E-state index contributed by atoms with van der Waals surface area (Å²) in [6.45, 7) is 5.10. The maximum atomic E-state index is 5.89. The number of piperazine rings is 1. The van der Waals surface area contributed by atoms with Crippen LogP contribution in [-0.4, -0.2) is 50.8 Å². The Kier molecular flexibility index (Phi) is 4.43. The van der Waals surface area contributed by atoms with Gasteiger partial charge in [-0.05, 0) is 30.9 Å². The maximum Gasteiger partial charge on any atom is 0.161 e. The Hall–Kier alpha value is -1.26. The van der Waals surface area contributed by atoms with Gasteiger partial charge >= 0.3 is 0 Å². The molecule has 0 aromatic heterocycles. The van der Waals surface area contributed by atoms with E-state index in [-0.39, 0.29) is 0 Å². The van der Waals surface area contributed by atoms with Gasteiger partial charge in [0.05, 0.1) is 7.11 Å². The second-order valence-corrected chi connectivity index (χ2v) is 5.64. The van der Waals surface area contributed by atoms with E-state index < -0.39 is 0 Å². The summed E-state index contributed by atoms with van der Waals surface area (Å²) in [7, 11) is 1.68. The Balaban J connectivity index is 1.51. The Bertz CT molecular complexity index is 434. The van der Waals surface area contributed by atoms with Crippen molar-refractivity contribution >= 4 is 0 Å². The van der Waals surface area contributed by atoms with E-state index in [4.69, 9.17) is 9.47 Å². The number of ether oxygens (including phenoxy) is 2. The van der Waals surface area contributed by atoms with Crippen molar-refractivity contribution < 1.29 is 9.47 Å². The van der Waals surface area contributed by atoms with Crippen LogP contribution in [0.3, 0.4) is 0 Å². The first-order chi connectivity index (χ1) is 9.88. The Morgan fingerprint density at radius 3 is 2.80 bits per heavy atom. The highest BCUT2D eigenvalue weighted by molar-refractivity contribution is 5.39. The van der Waals surface area contributed by atoms with Gasteiger partial charge in [0.25, 0.3) is 0 Å². The molecule has 1 saturated heterocycles. The molecule has 1 aliphatic carbocycles. The predicted molar refractivity (Wildman–Crippen MR) is 79.4 cm³/mol. The molecule has 4 heteroatoms. The molecule has 1 aromatic rings. The molecule has 4 nitrogen and oxygen atoms in total. The minimum Gasteiger partial charge on any atom is -0.493 e. The van der Waals surface area contributed by atoms with Gasteiger partial charge in [0.15, 0.2) is 11.5 Å². The van der Waals surface area contributed by atoms with Gasteiger partial charge in [0, 0.05) is 32.2 Å². The number of hydrogen-bond acceptors (Lipinski definition) is 4. The van der Waals surface area contributed by atoms with Gasteiger partial charge in [-0.15, -0.1) is 0 Å². The third kappa shape index (κ3) is 3.25. The smallest absolute Gasteiger partial charge is 0.161 e. The van der Waals surface area contributed by atoms with Crippen LogP contribution in [0.25, 0.3) is 0 Å². The molecular weight excluding hydrogens is 252 g/mol. The van der Waals surface area contributed by atoms with Gasteiger partial charge in [0.1, 0.15) is 6.61 Å². The largest absolute Gasteiger partial charge is 0.493 e. The number of methoxy groups -OCH3 is 1. The number of rotatable bonds is 6. The second kappa shape index (κ2) is 6.46. The number of hydrogen-bond donors (Lipinski definition) is 1. The molecule has 3 rings (SSSR count). The second-order valence-electron chi connectivity index (χ2n) is 5.64. The fourth-order valence-corrected chi connectivity index (χ4v) is 3.00. The van der Waals surface area contributed by atoms with E-state index in [2.05, 4.69) is 10.2 Å². The summed E-state index contributed by atoms with van der Waals surface area (Å²) < 4.78 is 11.2. The van der Waals surface area contributed by atoms with Crippen molar-refractivity contribution in [1.82, 2.24) is 10.2 Å². The van der Waals surface area contributed by atoms with Crippen LogP contribution in [0, 0.1) is 5.92 Å². The van der Waals surface area contributed by atoms with E-state index in [0.29, 0.717) is 6.04 Å². The highest BCUT2D eigenvalue weighted by atomic mass is 16.5. The number of para-hydroxylation sites is 2. The lowest BCUT2D eigenvalue weighted by Gasteiger charge is -2.36. The summed E-state index contributed by atoms with van der Waals surface area (Å²) in [5.41, 5.74) is 0. The highest BCUT2D eigenvalue weighted by Gasteiger charge is 2.36. The molecule has 1 unspecified atom stereocenters. The third-order valence-electron chi connectivity index (χ3n) is 4.27. The molecule has 2 fully saturated rings. The zero-order chi connectivity index (χ0) is 13.8. The summed E-state index contributed by atoms with van der Waals surface area (Å²) in [4.78, 5) is 2.59. The first-order valence-electron chi connectivity index (χ1n) is 7.59. The maximum absolute atomic E-state index is 5.89. The third-order valence-corrected chi connectivity index (χ3v) is 4.27. The van der Waals surface area contributed by atoms with Crippen molar-refractivity contribution in [3.05, 3.63) is 24.3 Å². The van der Waals surface area contributed by atoms with E-state index in [1.54, 1.807) is 7.11 Å². The molecule has 1 N–H and O–H groups in total. The number of nitrogens with zero attached hydrogens (tertiary/aromatic N) is 1. The van der Waals surface area contributed by atoms with E-state index in [0.717, 1.165) is 50.2 Å². The molecule has 0 radical (unpaired) electrons. The van der Waals surface area contributed by atoms with Crippen LogP contribution >= 0.6 is 0 Å². The van der Waals surface area contributed by atoms with Crippen molar-refractivity contribution in [1.29, 1.82) is 0 Å². The monoisotopic (exact) mass is 276 g/mol. The van der Waals surface area contributed by atoms with Gasteiger partial charge in [-0.2, -0.15) is 0 Å². The van der Waals surface area contributed by atoms with Crippen LogP contribution in [0.2, 0.25) is 0 Å². The average Bonchev–Trinajstić information content (AvgIpc) is 3.33. The topological polar surface area (TPSA) is 33.7 Å². The molecule has 1 atom stereocenters. The lowest BCUT2D eigenvalue weighted by atomic mass is 10.1. The number of benzene rings is 1. The fourth-order valence-electron chi connectivity index (χ4n) is 3.00. The normalized spacial score (nSPS) is 23.6. The van der Waals surface area contributed by atoms with Crippen molar-refractivity contribution in [2.24, 2.45) is 5.92 Å². The van der Waals surface area contributed by atoms with Crippen LogP contribution in [0.5, 0.6) is 11.5 Å². The predicted octanol–water partition coefficient (Wildman–Crippen LogP) is 1.76. The van der Waals surface area contributed by atoms with Gasteiger partial charge in [0.2, 0.25) is 0 Å². The first kappa shape index (κ1) is 13.7. The summed E-state index contributed by atoms with van der Waals surface area (Å²) in [5, 5.41) is 3.51. The van der Waals surface area contributed by atoms with E-state index in [1.165, 1.54) is 12.8 Å². The lowest BCUT2D eigenvalue weighted by Crippen LogP contribution is -2.53. The fraction of sp³-hybridized carbons (Fsp3) is 0.625. The zero-order valence-electron chi connectivity index (χ0n) is 12.2. The van der Waals surface area contributed by atoms with Crippen molar-refractivity contribution in [2.45, 2.75) is 18.9 Å². The zero-order valence-corrected chi connectivity index (χ0v) is 12.2. The standard InChI is InChI=1S/C16H24N2O2/c1-19-15-4-2-3-5-16(15)20-11-10-18-9-8-17-12-14(18)13-6-7-13/h2-5,13-14,17H,6-12H2,1H3. The highest BCUT2D eigenvalue weighted by Crippen LogP contribution is 2.35.